The maximum atomic E-state index is 4.59. The van der Waals surface area contributed by atoms with Gasteiger partial charge < -0.3 is 20.9 Å². The Balaban J connectivity index is 0.000000135. The second-order valence-corrected chi connectivity index (χ2v) is 8.85. The van der Waals surface area contributed by atoms with E-state index in [4.69, 9.17) is 0 Å². The molecule has 4 N–H and O–H groups in total. The van der Waals surface area contributed by atoms with Gasteiger partial charge in [-0.3, -0.25) is 15.2 Å². The Bertz CT molecular complexity index is 906. The molecule has 6 heterocycles. The number of hydrogen-bond donors (Lipinski definition) is 4. The summed E-state index contributed by atoms with van der Waals surface area (Å²) in [7, 11) is 0. The fraction of sp³-hybridized carbons (Fsp3) is 0.609. The fourth-order valence-electron chi connectivity index (χ4n) is 5.01. The molecule has 1 unspecified atom stereocenters. The van der Waals surface area contributed by atoms with E-state index in [0.717, 1.165) is 89.8 Å². The Kier molecular flexibility index (Phi) is 6.89. The van der Waals surface area contributed by atoms with Crippen LogP contribution in [0.15, 0.2) is 18.6 Å². The van der Waals surface area contributed by atoms with E-state index in [1.807, 2.05) is 6.20 Å². The molecule has 0 aliphatic carbocycles. The topological polar surface area (TPSA) is 93.3 Å². The average molecular weight is 438 g/mol. The van der Waals surface area contributed by atoms with Gasteiger partial charge >= 0.3 is 0 Å². The minimum atomic E-state index is 0.318. The van der Waals surface area contributed by atoms with Crippen molar-refractivity contribution in [3.05, 3.63) is 46.8 Å². The highest BCUT2D eigenvalue weighted by molar-refractivity contribution is 5.48. The van der Waals surface area contributed by atoms with Crippen LogP contribution in [0.2, 0.25) is 0 Å². The van der Waals surface area contributed by atoms with E-state index in [-0.39, 0.29) is 0 Å². The van der Waals surface area contributed by atoms with Gasteiger partial charge in [-0.1, -0.05) is 0 Å². The van der Waals surface area contributed by atoms with Crippen LogP contribution in [0.25, 0.3) is 0 Å². The van der Waals surface area contributed by atoms with E-state index >= 15 is 0 Å². The first-order valence-electron chi connectivity index (χ1n) is 11.9. The molecule has 0 aromatic carbocycles. The van der Waals surface area contributed by atoms with Crippen LogP contribution >= 0.6 is 0 Å². The number of pyridine rings is 1. The summed E-state index contributed by atoms with van der Waals surface area (Å²) in [5.41, 5.74) is 7.50. The fourth-order valence-corrected chi connectivity index (χ4v) is 5.01. The van der Waals surface area contributed by atoms with Crippen LogP contribution in [0.3, 0.4) is 0 Å². The second-order valence-electron chi connectivity index (χ2n) is 8.85. The third-order valence-corrected chi connectivity index (χ3v) is 6.80. The minimum Gasteiger partial charge on any atom is -0.368 e. The number of aromatic nitrogens is 3. The molecule has 4 aliphatic rings. The zero-order valence-electron chi connectivity index (χ0n) is 19.0. The first kappa shape index (κ1) is 21.7. The Morgan fingerprint density at radius 3 is 2.44 bits per heavy atom. The number of anilines is 1. The predicted octanol–water partition coefficient (Wildman–Crippen LogP) is -0.0711. The molecular formula is C23H35N9. The zero-order chi connectivity index (χ0) is 21.8. The molecule has 0 saturated carbocycles. The number of nitrogens with zero attached hydrogens (tertiary/aromatic N) is 5. The van der Waals surface area contributed by atoms with Crippen LogP contribution in [-0.4, -0.2) is 78.8 Å². The molecule has 4 aliphatic heterocycles. The van der Waals surface area contributed by atoms with Gasteiger partial charge in [-0.05, 0) is 18.6 Å². The van der Waals surface area contributed by atoms with Crippen LogP contribution in [0, 0.1) is 6.92 Å². The highest BCUT2D eigenvalue weighted by Crippen LogP contribution is 2.28. The van der Waals surface area contributed by atoms with Gasteiger partial charge in [-0.25, -0.2) is 9.97 Å². The highest BCUT2D eigenvalue weighted by Gasteiger charge is 2.30. The molecule has 2 fully saturated rings. The number of rotatable bonds is 2. The molecule has 0 amide bonds. The number of nitrogens with one attached hydrogen (secondary N) is 4. The van der Waals surface area contributed by atoms with Gasteiger partial charge in [-0.2, -0.15) is 0 Å². The molecule has 0 spiro atoms. The predicted molar refractivity (Wildman–Crippen MR) is 126 cm³/mol. The van der Waals surface area contributed by atoms with E-state index in [1.165, 1.54) is 22.5 Å². The minimum absolute atomic E-state index is 0.318. The smallest absolute Gasteiger partial charge is 0.116 e. The van der Waals surface area contributed by atoms with Crippen LogP contribution in [-0.2, 0) is 19.5 Å². The summed E-state index contributed by atoms with van der Waals surface area (Å²) < 4.78 is 0. The molecule has 2 aromatic rings. The molecule has 9 heteroatoms. The second kappa shape index (κ2) is 10.2. The summed E-state index contributed by atoms with van der Waals surface area (Å²) >= 11 is 0. The molecule has 0 bridgehead atoms. The van der Waals surface area contributed by atoms with Crippen molar-refractivity contribution in [3.63, 3.8) is 0 Å². The number of fused-ring (bicyclic) bond motifs is 2. The molecule has 172 valence electrons. The van der Waals surface area contributed by atoms with Crippen LogP contribution in [0.1, 0.15) is 34.4 Å². The molecule has 9 nitrogen and oxygen atoms in total. The Morgan fingerprint density at radius 1 is 0.844 bits per heavy atom. The SMILES string of the molecule is Cc1ncnc2c1C(N1CCNCC1)NC2.c1nc2c(cc1N1CCNCC1)CNCC2. The molecule has 2 aromatic heterocycles. The van der Waals surface area contributed by atoms with E-state index < -0.39 is 0 Å². The lowest BCUT2D eigenvalue weighted by atomic mass is 10.1. The van der Waals surface area contributed by atoms with Crippen LogP contribution in [0.5, 0.6) is 0 Å². The summed E-state index contributed by atoms with van der Waals surface area (Å²) in [6.45, 7) is 13.6. The molecule has 32 heavy (non-hydrogen) atoms. The largest absolute Gasteiger partial charge is 0.368 e. The van der Waals surface area contributed by atoms with Gasteiger partial charge in [0.15, 0.2) is 0 Å². The van der Waals surface area contributed by atoms with E-state index in [0.29, 0.717) is 6.17 Å². The van der Waals surface area contributed by atoms with Crippen LogP contribution < -0.4 is 26.2 Å². The molecule has 1 atom stereocenters. The molecule has 2 saturated heterocycles. The van der Waals surface area contributed by atoms with Crippen molar-refractivity contribution in [3.8, 4) is 0 Å². The van der Waals surface area contributed by atoms with Gasteiger partial charge in [0.2, 0.25) is 0 Å². The lowest BCUT2D eigenvalue weighted by Crippen LogP contribution is -2.47. The van der Waals surface area contributed by atoms with Crippen molar-refractivity contribution < 1.29 is 0 Å². The first-order valence-corrected chi connectivity index (χ1v) is 11.9. The number of aryl methyl sites for hydroxylation is 1. The van der Waals surface area contributed by atoms with Crippen molar-refractivity contribution in [1.29, 1.82) is 0 Å². The third-order valence-electron chi connectivity index (χ3n) is 6.80. The Labute approximate surface area is 190 Å². The van der Waals surface area contributed by atoms with Gasteiger partial charge in [0.1, 0.15) is 6.33 Å². The van der Waals surface area contributed by atoms with Crippen LogP contribution in [0.4, 0.5) is 5.69 Å². The quantitative estimate of drug-likeness (QED) is 0.515. The van der Waals surface area contributed by atoms with Gasteiger partial charge in [-0.15, -0.1) is 0 Å². The standard InChI is InChI=1S/C12H18N4.C11H17N5/c1-2-14-8-10-7-11(9-15-12(1)10)16-5-3-13-4-6-16;1-8-10-9(15-7-14-8)6-13-11(10)16-4-2-12-3-5-16/h7,9,13-14H,1-6,8H2;7,11-13H,2-6H2,1H3. The van der Waals surface area contributed by atoms with Crippen molar-refractivity contribution in [2.45, 2.75) is 32.6 Å². The lowest BCUT2D eigenvalue weighted by molar-refractivity contribution is 0.154. The highest BCUT2D eigenvalue weighted by atomic mass is 15.3. The van der Waals surface area contributed by atoms with E-state index in [1.54, 1.807) is 6.33 Å². The first-order chi connectivity index (χ1) is 15.8. The monoisotopic (exact) mass is 437 g/mol. The molecular weight excluding hydrogens is 402 g/mol. The van der Waals surface area contributed by atoms with Gasteiger partial charge in [0.25, 0.3) is 0 Å². The van der Waals surface area contributed by atoms with Crippen molar-refractivity contribution >= 4 is 5.69 Å². The summed E-state index contributed by atoms with van der Waals surface area (Å²) in [5.74, 6) is 0. The summed E-state index contributed by atoms with van der Waals surface area (Å²) in [6, 6.07) is 2.31. The number of hydrogen-bond acceptors (Lipinski definition) is 9. The average Bonchev–Trinajstić information content (AvgIpc) is 3.31. The normalized spacial score (nSPS) is 23.2. The molecule has 6 rings (SSSR count). The maximum Gasteiger partial charge on any atom is 0.116 e. The molecule has 0 radical (unpaired) electrons. The third kappa shape index (κ3) is 4.77. The van der Waals surface area contributed by atoms with E-state index in [9.17, 15) is 0 Å². The Hall–Kier alpha value is -2.17. The summed E-state index contributed by atoms with van der Waals surface area (Å²) in [4.78, 5) is 18.1. The lowest BCUT2D eigenvalue weighted by Gasteiger charge is -2.33. The van der Waals surface area contributed by atoms with Gasteiger partial charge in [0, 0.05) is 95.4 Å². The van der Waals surface area contributed by atoms with Gasteiger partial charge in [0.05, 0.1) is 23.7 Å². The van der Waals surface area contributed by atoms with Crippen molar-refractivity contribution in [1.82, 2.24) is 41.1 Å². The van der Waals surface area contributed by atoms with Crippen molar-refractivity contribution in [2.24, 2.45) is 0 Å². The summed E-state index contributed by atoms with van der Waals surface area (Å²) in [5, 5.41) is 13.7. The van der Waals surface area contributed by atoms with E-state index in [2.05, 4.69) is 59.0 Å². The zero-order valence-corrected chi connectivity index (χ0v) is 19.0. The van der Waals surface area contributed by atoms with Crippen molar-refractivity contribution in [2.75, 3.05) is 63.8 Å². The number of piperazine rings is 2. The summed E-state index contributed by atoms with van der Waals surface area (Å²) in [6.07, 6.45) is 5.08. The maximum absolute atomic E-state index is 4.59. The Morgan fingerprint density at radius 2 is 1.62 bits per heavy atom.